The third-order valence-corrected chi connectivity index (χ3v) is 5.43. The zero-order valence-electron chi connectivity index (χ0n) is 19.7. The Bertz CT molecular complexity index is 1020. The van der Waals surface area contributed by atoms with E-state index in [9.17, 15) is 5.11 Å². The van der Waals surface area contributed by atoms with Crippen LogP contribution in [0.2, 0.25) is 5.02 Å². The molecule has 1 N–H and O–H groups in total. The Morgan fingerprint density at radius 3 is 2.59 bits per heavy atom. The monoisotopic (exact) mass is 485 g/mol. The average molecular weight is 486 g/mol. The van der Waals surface area contributed by atoms with E-state index in [1.165, 1.54) is 0 Å². The molecular weight excluding hydrogens is 454 g/mol. The molecule has 0 aliphatic rings. The van der Waals surface area contributed by atoms with Crippen LogP contribution in [0, 0.1) is 6.92 Å². The highest BCUT2D eigenvalue weighted by Gasteiger charge is 2.22. The van der Waals surface area contributed by atoms with E-state index < -0.39 is 6.10 Å². The number of hydrogen-bond acceptors (Lipinski definition) is 6. The Kier molecular flexibility index (Phi) is 10.1. The molecule has 7 nitrogen and oxygen atoms in total. The van der Waals surface area contributed by atoms with Crippen molar-refractivity contribution in [2.24, 2.45) is 0 Å². The molecule has 1 heterocycles. The van der Waals surface area contributed by atoms with Crippen molar-refractivity contribution in [3.63, 3.8) is 0 Å². The SMILES string of the molecule is C=CCOCC(O)CN(CCOC)Cc1c(C)nn(-c2ccccc2)c1Oc1ccc(Cl)cc1. The zero-order chi connectivity index (χ0) is 24.3. The summed E-state index contributed by atoms with van der Waals surface area (Å²) in [5.41, 5.74) is 2.66. The minimum Gasteiger partial charge on any atom is -0.439 e. The summed E-state index contributed by atoms with van der Waals surface area (Å²) in [6.07, 6.45) is 1.01. The first-order chi connectivity index (χ1) is 16.5. The fourth-order valence-corrected chi connectivity index (χ4v) is 3.63. The highest BCUT2D eigenvalue weighted by atomic mass is 35.5. The lowest BCUT2D eigenvalue weighted by molar-refractivity contribution is 0.0192. The number of aryl methyl sites for hydroxylation is 1. The summed E-state index contributed by atoms with van der Waals surface area (Å²) in [5, 5.41) is 15.9. The molecule has 1 atom stereocenters. The summed E-state index contributed by atoms with van der Waals surface area (Å²) in [7, 11) is 1.66. The maximum Gasteiger partial charge on any atom is 0.227 e. The van der Waals surface area contributed by atoms with Crippen molar-refractivity contribution < 1.29 is 19.3 Å². The Labute approximate surface area is 206 Å². The first-order valence-electron chi connectivity index (χ1n) is 11.2. The van der Waals surface area contributed by atoms with E-state index in [0.717, 1.165) is 16.9 Å². The highest BCUT2D eigenvalue weighted by molar-refractivity contribution is 6.30. The van der Waals surface area contributed by atoms with Crippen molar-refractivity contribution in [2.45, 2.75) is 19.6 Å². The number of aliphatic hydroxyl groups excluding tert-OH is 1. The van der Waals surface area contributed by atoms with Crippen LogP contribution >= 0.6 is 11.6 Å². The predicted octanol–water partition coefficient (Wildman–Crippen LogP) is 4.64. The molecule has 0 saturated heterocycles. The van der Waals surface area contributed by atoms with Gasteiger partial charge in [-0.15, -0.1) is 6.58 Å². The number of rotatable bonds is 14. The summed E-state index contributed by atoms with van der Waals surface area (Å²) < 4.78 is 18.9. The van der Waals surface area contributed by atoms with Gasteiger partial charge in [0.2, 0.25) is 5.88 Å². The molecule has 2 aromatic carbocycles. The van der Waals surface area contributed by atoms with Gasteiger partial charge in [0.15, 0.2) is 0 Å². The van der Waals surface area contributed by atoms with Crippen LogP contribution < -0.4 is 4.74 Å². The van der Waals surface area contributed by atoms with Crippen molar-refractivity contribution in [3.8, 4) is 17.3 Å². The van der Waals surface area contributed by atoms with E-state index in [1.54, 1.807) is 30.0 Å². The van der Waals surface area contributed by atoms with Gasteiger partial charge in [-0.2, -0.15) is 5.10 Å². The number of methoxy groups -OCH3 is 1. The van der Waals surface area contributed by atoms with E-state index in [0.29, 0.717) is 49.5 Å². The number of halogens is 1. The number of benzene rings is 2. The molecular formula is C26H32ClN3O4. The molecule has 0 aliphatic heterocycles. The van der Waals surface area contributed by atoms with Gasteiger partial charge >= 0.3 is 0 Å². The minimum absolute atomic E-state index is 0.228. The predicted molar refractivity (Wildman–Crippen MR) is 134 cm³/mol. The Morgan fingerprint density at radius 2 is 1.91 bits per heavy atom. The van der Waals surface area contributed by atoms with E-state index in [1.807, 2.05) is 49.4 Å². The first kappa shape index (κ1) is 25.9. The Hall–Kier alpha value is -2.68. The maximum absolute atomic E-state index is 10.5. The molecule has 3 rings (SSSR count). The summed E-state index contributed by atoms with van der Waals surface area (Å²) in [4.78, 5) is 2.11. The summed E-state index contributed by atoms with van der Waals surface area (Å²) >= 11 is 6.06. The first-order valence-corrected chi connectivity index (χ1v) is 11.5. The van der Waals surface area contributed by atoms with E-state index >= 15 is 0 Å². The average Bonchev–Trinajstić information content (AvgIpc) is 3.14. The molecule has 1 unspecified atom stereocenters. The van der Waals surface area contributed by atoms with Gasteiger partial charge in [-0.05, 0) is 43.3 Å². The number of hydrogen-bond donors (Lipinski definition) is 1. The summed E-state index contributed by atoms with van der Waals surface area (Å²) in [6, 6.07) is 17.1. The summed E-state index contributed by atoms with van der Waals surface area (Å²) in [5.74, 6) is 1.27. The molecule has 0 bridgehead atoms. The third-order valence-electron chi connectivity index (χ3n) is 5.17. The lowest BCUT2D eigenvalue weighted by atomic mass is 10.2. The van der Waals surface area contributed by atoms with Crippen LogP contribution in [-0.2, 0) is 16.0 Å². The van der Waals surface area contributed by atoms with Crippen LogP contribution in [0.3, 0.4) is 0 Å². The van der Waals surface area contributed by atoms with E-state index in [-0.39, 0.29) is 6.61 Å². The van der Waals surface area contributed by atoms with Gasteiger partial charge in [0.1, 0.15) is 5.75 Å². The van der Waals surface area contributed by atoms with Gasteiger partial charge in [-0.1, -0.05) is 35.9 Å². The van der Waals surface area contributed by atoms with Gasteiger partial charge in [-0.25, -0.2) is 4.68 Å². The van der Waals surface area contributed by atoms with Crippen LogP contribution in [0.15, 0.2) is 67.3 Å². The Balaban J connectivity index is 1.91. The Morgan fingerprint density at radius 1 is 1.18 bits per heavy atom. The normalized spacial score (nSPS) is 12.1. The molecule has 0 fully saturated rings. The van der Waals surface area contributed by atoms with Crippen LogP contribution in [-0.4, -0.2) is 65.9 Å². The summed E-state index contributed by atoms with van der Waals surface area (Å²) in [6.45, 7) is 8.31. The lowest BCUT2D eigenvalue weighted by Gasteiger charge is -2.25. The van der Waals surface area contributed by atoms with Crippen molar-refractivity contribution in [1.82, 2.24) is 14.7 Å². The second-order valence-corrected chi connectivity index (χ2v) is 8.32. The largest absolute Gasteiger partial charge is 0.439 e. The molecule has 0 aliphatic carbocycles. The fraction of sp³-hybridized carbons (Fsp3) is 0.346. The quantitative estimate of drug-likeness (QED) is 0.265. The molecule has 34 heavy (non-hydrogen) atoms. The standard InChI is InChI=1S/C26H32ClN3O4/c1-4-15-33-19-23(31)17-29(14-16-32-3)18-25-20(2)28-30(22-8-6-5-7-9-22)26(25)34-24-12-10-21(27)11-13-24/h4-13,23,31H,1,14-19H2,2-3H3. The second-order valence-electron chi connectivity index (χ2n) is 7.88. The van der Waals surface area contributed by atoms with Crippen molar-refractivity contribution >= 4 is 11.6 Å². The van der Waals surface area contributed by atoms with Crippen LogP contribution in [0.5, 0.6) is 11.6 Å². The van der Waals surface area contributed by atoms with Gasteiger partial charge in [-0.3, -0.25) is 4.90 Å². The molecule has 1 aromatic heterocycles. The highest BCUT2D eigenvalue weighted by Crippen LogP contribution is 2.32. The van der Waals surface area contributed by atoms with Gasteiger partial charge < -0.3 is 19.3 Å². The number of nitrogens with zero attached hydrogens (tertiary/aromatic N) is 3. The lowest BCUT2D eigenvalue weighted by Crippen LogP contribution is -2.36. The van der Waals surface area contributed by atoms with Gasteiger partial charge in [0.05, 0.1) is 42.9 Å². The van der Waals surface area contributed by atoms with Crippen LogP contribution in [0.1, 0.15) is 11.3 Å². The topological polar surface area (TPSA) is 69.0 Å². The number of aliphatic hydroxyl groups is 1. The molecule has 0 saturated carbocycles. The molecule has 3 aromatic rings. The van der Waals surface area contributed by atoms with Crippen LogP contribution in [0.4, 0.5) is 0 Å². The van der Waals surface area contributed by atoms with Gasteiger partial charge in [0, 0.05) is 31.8 Å². The second kappa shape index (κ2) is 13.3. The molecule has 0 spiro atoms. The van der Waals surface area contributed by atoms with Gasteiger partial charge in [0.25, 0.3) is 0 Å². The maximum atomic E-state index is 10.5. The van der Waals surface area contributed by atoms with E-state index in [2.05, 4.69) is 11.5 Å². The zero-order valence-corrected chi connectivity index (χ0v) is 20.4. The van der Waals surface area contributed by atoms with Crippen molar-refractivity contribution in [3.05, 3.63) is 83.5 Å². The molecule has 0 amide bonds. The van der Waals surface area contributed by atoms with Crippen LogP contribution in [0.25, 0.3) is 5.69 Å². The fourth-order valence-electron chi connectivity index (χ4n) is 3.50. The molecule has 0 radical (unpaired) electrons. The van der Waals surface area contributed by atoms with E-state index in [4.69, 9.17) is 30.9 Å². The van der Waals surface area contributed by atoms with Crippen molar-refractivity contribution in [1.29, 1.82) is 0 Å². The molecule has 182 valence electrons. The smallest absolute Gasteiger partial charge is 0.227 e. The number of aromatic nitrogens is 2. The number of para-hydroxylation sites is 1. The third kappa shape index (κ3) is 7.41. The minimum atomic E-state index is -0.651. The number of ether oxygens (including phenoxy) is 3. The van der Waals surface area contributed by atoms with Crippen molar-refractivity contribution in [2.75, 3.05) is 40.0 Å². The molecule has 8 heteroatoms.